The minimum absolute atomic E-state index is 0.0295. The van der Waals surface area contributed by atoms with Crippen LogP contribution in [0.1, 0.15) is 64.9 Å². The average Bonchev–Trinajstić information content (AvgIpc) is 2.65. The summed E-state index contributed by atoms with van der Waals surface area (Å²) in [6, 6.07) is 4.56. The minimum Gasteiger partial charge on any atom is -0.444 e. The topological polar surface area (TPSA) is 157 Å². The van der Waals surface area contributed by atoms with Gasteiger partial charge in [0.2, 0.25) is 11.8 Å². The van der Waals surface area contributed by atoms with Gasteiger partial charge in [-0.1, -0.05) is 30.2 Å². The van der Waals surface area contributed by atoms with Gasteiger partial charge >= 0.3 is 6.09 Å². The number of primary amides is 2. The highest BCUT2D eigenvalue weighted by molar-refractivity contribution is 6.34. The molecule has 0 radical (unpaired) electrons. The number of anilines is 1. The van der Waals surface area contributed by atoms with Crippen LogP contribution < -0.4 is 22.1 Å². The number of hydrogen-bond acceptors (Lipinski definition) is 6. The Morgan fingerprint density at radius 1 is 1.09 bits per heavy atom. The van der Waals surface area contributed by atoms with Crippen LogP contribution in [0.25, 0.3) is 0 Å². The third-order valence-corrected chi connectivity index (χ3v) is 4.98. The number of carbonyl (C=O) groups excluding carboxylic acids is 3. The second kappa shape index (κ2) is 13.1. The van der Waals surface area contributed by atoms with Crippen molar-refractivity contribution in [3.8, 4) is 0 Å². The molecule has 0 bridgehead atoms. The Morgan fingerprint density at radius 3 is 2.34 bits per heavy atom. The molecule has 10 heteroatoms. The van der Waals surface area contributed by atoms with E-state index in [0.717, 1.165) is 24.8 Å². The Labute approximate surface area is 194 Å². The summed E-state index contributed by atoms with van der Waals surface area (Å²) in [4.78, 5) is 34.2. The summed E-state index contributed by atoms with van der Waals surface area (Å²) in [6.07, 6.45) is 1.58. The van der Waals surface area contributed by atoms with Crippen LogP contribution in [0.15, 0.2) is 18.2 Å². The molecule has 1 aromatic carbocycles. The van der Waals surface area contributed by atoms with Crippen LogP contribution in [0.5, 0.6) is 0 Å². The van der Waals surface area contributed by atoms with Crippen LogP contribution in [0.4, 0.5) is 10.5 Å². The Hall–Kier alpha value is -2.52. The molecular weight excluding hydrogens is 436 g/mol. The number of aliphatic hydroxyl groups is 1. The van der Waals surface area contributed by atoms with Crippen LogP contribution in [-0.2, 0) is 20.7 Å². The average molecular weight is 471 g/mol. The Kier molecular flexibility index (Phi) is 11.3. The lowest BCUT2D eigenvalue weighted by Gasteiger charge is -2.28. The molecular formula is C22H35ClN4O5. The van der Waals surface area contributed by atoms with Gasteiger partial charge in [-0.05, 0) is 58.1 Å². The molecule has 1 unspecified atom stereocenters. The van der Waals surface area contributed by atoms with Gasteiger partial charge in [-0.25, -0.2) is 4.79 Å². The van der Waals surface area contributed by atoms with E-state index in [1.807, 2.05) is 6.07 Å². The SMILES string of the molecule is CC(C)(C)OC(=O)N[C@@H](CCC(N)=O)C(O)Nc1cccc(CCCCCC(N)=O)c1Cl. The van der Waals surface area contributed by atoms with Crippen molar-refractivity contribution in [1.29, 1.82) is 0 Å². The zero-order valence-electron chi connectivity index (χ0n) is 18.9. The predicted octanol–water partition coefficient (Wildman–Crippen LogP) is 2.82. The molecule has 0 spiro atoms. The van der Waals surface area contributed by atoms with Crippen LogP contribution >= 0.6 is 11.6 Å². The number of hydrogen-bond donors (Lipinski definition) is 5. The molecule has 32 heavy (non-hydrogen) atoms. The van der Waals surface area contributed by atoms with Crippen molar-refractivity contribution in [2.75, 3.05) is 5.32 Å². The lowest BCUT2D eigenvalue weighted by Crippen LogP contribution is -2.48. The van der Waals surface area contributed by atoms with Crippen molar-refractivity contribution in [1.82, 2.24) is 5.32 Å². The number of halogens is 1. The molecule has 2 atom stereocenters. The number of unbranched alkanes of at least 4 members (excludes halogenated alkanes) is 2. The zero-order chi connectivity index (χ0) is 24.3. The first-order chi connectivity index (χ1) is 14.9. The Bertz CT molecular complexity index is 782. The number of nitrogens with two attached hydrogens (primary N) is 2. The van der Waals surface area contributed by atoms with Crippen molar-refractivity contribution in [3.63, 3.8) is 0 Å². The monoisotopic (exact) mass is 470 g/mol. The molecule has 180 valence electrons. The molecule has 1 aromatic rings. The number of nitrogens with one attached hydrogen (secondary N) is 2. The van der Waals surface area contributed by atoms with Gasteiger partial charge in [0, 0.05) is 12.8 Å². The maximum absolute atomic E-state index is 12.2. The van der Waals surface area contributed by atoms with Gasteiger partial charge in [-0.3, -0.25) is 9.59 Å². The van der Waals surface area contributed by atoms with E-state index in [1.54, 1.807) is 32.9 Å². The molecule has 9 nitrogen and oxygen atoms in total. The largest absolute Gasteiger partial charge is 0.444 e. The Morgan fingerprint density at radius 2 is 1.75 bits per heavy atom. The number of benzene rings is 1. The molecule has 0 saturated carbocycles. The van der Waals surface area contributed by atoms with Gasteiger partial charge in [0.25, 0.3) is 0 Å². The second-order valence-electron chi connectivity index (χ2n) is 8.65. The number of ether oxygens (including phenoxy) is 1. The third kappa shape index (κ3) is 11.2. The number of aryl methyl sites for hydroxylation is 1. The quantitative estimate of drug-likeness (QED) is 0.220. The Balaban J connectivity index is 2.80. The van der Waals surface area contributed by atoms with Crippen LogP contribution in [0, 0.1) is 0 Å². The highest BCUT2D eigenvalue weighted by atomic mass is 35.5. The van der Waals surface area contributed by atoms with Gasteiger partial charge in [-0.15, -0.1) is 0 Å². The minimum atomic E-state index is -1.25. The molecule has 1 rings (SSSR count). The molecule has 0 fully saturated rings. The maximum atomic E-state index is 12.2. The van der Waals surface area contributed by atoms with Crippen molar-refractivity contribution in [3.05, 3.63) is 28.8 Å². The second-order valence-corrected chi connectivity index (χ2v) is 9.03. The molecule has 0 saturated heterocycles. The summed E-state index contributed by atoms with van der Waals surface area (Å²) in [5.74, 6) is -0.862. The summed E-state index contributed by atoms with van der Waals surface area (Å²) in [5, 5.41) is 16.6. The molecule has 7 N–H and O–H groups in total. The standard InChI is InChI=1S/C22H35ClN4O5/c1-22(2,3)32-21(31)27-16(12-13-18(25)29)20(30)26-15-10-7-9-14(19(15)23)8-5-4-6-11-17(24)28/h7,9-10,16,20,26,30H,4-6,8,11-13H2,1-3H3,(H2,24,28)(H2,25,29)(H,27,31)/t16-,20?/m0/s1. The van der Waals surface area contributed by atoms with E-state index in [2.05, 4.69) is 10.6 Å². The normalized spacial score (nSPS) is 13.2. The first-order valence-electron chi connectivity index (χ1n) is 10.7. The summed E-state index contributed by atoms with van der Waals surface area (Å²) >= 11 is 6.51. The van der Waals surface area contributed by atoms with Gasteiger partial charge < -0.3 is 31.9 Å². The van der Waals surface area contributed by atoms with Gasteiger partial charge in [0.15, 0.2) is 0 Å². The lowest BCUT2D eigenvalue weighted by molar-refractivity contribution is -0.119. The summed E-state index contributed by atoms with van der Waals surface area (Å²) in [6.45, 7) is 5.16. The predicted molar refractivity (Wildman–Crippen MR) is 124 cm³/mol. The van der Waals surface area contributed by atoms with Crippen molar-refractivity contribution < 1.29 is 24.2 Å². The van der Waals surface area contributed by atoms with Gasteiger partial charge in [0.05, 0.1) is 16.8 Å². The summed E-state index contributed by atoms with van der Waals surface area (Å²) < 4.78 is 5.24. The smallest absolute Gasteiger partial charge is 0.408 e. The highest BCUT2D eigenvalue weighted by Gasteiger charge is 2.25. The molecule has 0 aliphatic heterocycles. The van der Waals surface area contributed by atoms with E-state index in [9.17, 15) is 19.5 Å². The van der Waals surface area contributed by atoms with E-state index < -0.39 is 29.9 Å². The first kappa shape index (κ1) is 27.5. The molecule has 0 aliphatic rings. The van der Waals surface area contributed by atoms with Crippen LogP contribution in [0.3, 0.4) is 0 Å². The number of carbonyl (C=O) groups is 3. The number of amides is 3. The van der Waals surface area contributed by atoms with E-state index in [4.69, 9.17) is 27.8 Å². The van der Waals surface area contributed by atoms with Gasteiger partial charge in [-0.2, -0.15) is 0 Å². The molecule has 0 aliphatic carbocycles. The molecule has 0 aromatic heterocycles. The fourth-order valence-electron chi connectivity index (χ4n) is 3.00. The number of aliphatic hydroxyl groups excluding tert-OH is 1. The van der Waals surface area contributed by atoms with Crippen molar-refractivity contribution >= 4 is 35.2 Å². The maximum Gasteiger partial charge on any atom is 0.408 e. The van der Waals surface area contributed by atoms with Gasteiger partial charge in [0.1, 0.15) is 11.8 Å². The summed E-state index contributed by atoms with van der Waals surface area (Å²) in [5.41, 5.74) is 11.0. The fraction of sp³-hybridized carbons (Fsp3) is 0.591. The van der Waals surface area contributed by atoms with E-state index >= 15 is 0 Å². The lowest BCUT2D eigenvalue weighted by atomic mass is 10.0. The van der Waals surface area contributed by atoms with Crippen LogP contribution in [0.2, 0.25) is 5.02 Å². The zero-order valence-corrected chi connectivity index (χ0v) is 19.7. The van der Waals surface area contributed by atoms with Crippen molar-refractivity contribution in [2.24, 2.45) is 11.5 Å². The van der Waals surface area contributed by atoms with E-state index in [0.29, 0.717) is 23.6 Å². The van der Waals surface area contributed by atoms with Crippen molar-refractivity contribution in [2.45, 2.75) is 83.6 Å². The third-order valence-electron chi connectivity index (χ3n) is 4.54. The summed E-state index contributed by atoms with van der Waals surface area (Å²) in [7, 11) is 0. The highest BCUT2D eigenvalue weighted by Crippen LogP contribution is 2.28. The van der Waals surface area contributed by atoms with E-state index in [-0.39, 0.29) is 18.7 Å². The van der Waals surface area contributed by atoms with Crippen LogP contribution in [-0.4, -0.2) is 40.9 Å². The van der Waals surface area contributed by atoms with E-state index in [1.165, 1.54) is 0 Å². The first-order valence-corrected chi connectivity index (χ1v) is 11.0. The molecule has 0 heterocycles. The number of alkyl carbamates (subject to hydrolysis) is 1. The number of rotatable bonds is 13. The molecule has 3 amide bonds. The fourth-order valence-corrected chi connectivity index (χ4v) is 3.28.